The van der Waals surface area contributed by atoms with E-state index in [9.17, 15) is 22.0 Å². The molecule has 0 bridgehead atoms. The van der Waals surface area contributed by atoms with Crippen molar-refractivity contribution in [2.75, 3.05) is 6.54 Å². The van der Waals surface area contributed by atoms with Gasteiger partial charge in [-0.25, -0.2) is 8.78 Å². The largest absolute Gasteiger partial charge is 0.435 e. The van der Waals surface area contributed by atoms with Gasteiger partial charge in [-0.3, -0.25) is 4.68 Å². The van der Waals surface area contributed by atoms with Crippen molar-refractivity contribution in [3.05, 3.63) is 17.5 Å². The fourth-order valence-electron chi connectivity index (χ4n) is 1.32. The third-order valence-electron chi connectivity index (χ3n) is 2.14. The van der Waals surface area contributed by atoms with E-state index < -0.39 is 30.8 Å². The van der Waals surface area contributed by atoms with Gasteiger partial charge in [0, 0.05) is 19.3 Å². The van der Waals surface area contributed by atoms with Gasteiger partial charge in [0.15, 0.2) is 5.69 Å². The molecule has 0 aliphatic carbocycles. The Hall–Kier alpha value is -1.18. The molecular formula is C8H10F5N3. The topological polar surface area (TPSA) is 43.8 Å². The van der Waals surface area contributed by atoms with Gasteiger partial charge < -0.3 is 5.73 Å². The molecule has 1 heterocycles. The maximum Gasteiger partial charge on any atom is 0.435 e. The highest BCUT2D eigenvalue weighted by molar-refractivity contribution is 5.18. The highest BCUT2D eigenvalue weighted by Gasteiger charge is 2.36. The summed E-state index contributed by atoms with van der Waals surface area (Å²) in [6, 6.07) is 0.601. The molecule has 1 atom stereocenters. The van der Waals surface area contributed by atoms with Gasteiger partial charge in [-0.05, 0) is 6.07 Å². The molecule has 0 saturated carbocycles. The fourth-order valence-corrected chi connectivity index (χ4v) is 1.32. The number of aryl methyl sites for hydroxylation is 1. The van der Waals surface area contributed by atoms with Gasteiger partial charge in [-0.1, -0.05) is 0 Å². The van der Waals surface area contributed by atoms with Crippen LogP contribution in [-0.2, 0) is 13.2 Å². The van der Waals surface area contributed by atoms with Crippen LogP contribution < -0.4 is 5.73 Å². The van der Waals surface area contributed by atoms with Crippen molar-refractivity contribution in [2.24, 2.45) is 12.8 Å². The first-order chi connectivity index (χ1) is 7.27. The van der Waals surface area contributed by atoms with Crippen LogP contribution in [0.5, 0.6) is 0 Å². The lowest BCUT2D eigenvalue weighted by molar-refractivity contribution is -0.141. The first-order valence-corrected chi connectivity index (χ1v) is 4.36. The summed E-state index contributed by atoms with van der Waals surface area (Å²) in [5.74, 6) is -1.44. The Morgan fingerprint density at radius 2 is 2.00 bits per heavy atom. The maximum absolute atomic E-state index is 12.5. The highest BCUT2D eigenvalue weighted by Crippen LogP contribution is 2.31. The molecular weight excluding hydrogens is 233 g/mol. The van der Waals surface area contributed by atoms with E-state index in [-0.39, 0.29) is 5.69 Å². The van der Waals surface area contributed by atoms with Crippen molar-refractivity contribution in [3.8, 4) is 0 Å². The van der Waals surface area contributed by atoms with Crippen LogP contribution in [0.4, 0.5) is 22.0 Å². The van der Waals surface area contributed by atoms with E-state index in [1.165, 1.54) is 7.05 Å². The lowest BCUT2D eigenvalue weighted by Crippen LogP contribution is -2.22. The number of alkyl halides is 5. The van der Waals surface area contributed by atoms with E-state index in [0.717, 1.165) is 4.68 Å². The number of hydrogen-bond acceptors (Lipinski definition) is 2. The maximum atomic E-state index is 12.5. The summed E-state index contributed by atoms with van der Waals surface area (Å²) in [5.41, 5.74) is 3.68. The summed E-state index contributed by atoms with van der Waals surface area (Å²) in [6.45, 7) is -0.436. The Morgan fingerprint density at radius 3 is 2.31 bits per heavy atom. The third-order valence-corrected chi connectivity index (χ3v) is 2.14. The number of nitrogens with zero attached hydrogens (tertiary/aromatic N) is 2. The zero-order valence-corrected chi connectivity index (χ0v) is 8.30. The standard InChI is InChI=1S/C8H10F5N3/c1-16-5(4(3-14)7(9)10)2-6(15-16)8(11,12)13/h2,4,7H,3,14H2,1H3. The van der Waals surface area contributed by atoms with Crippen LogP contribution in [0.3, 0.4) is 0 Å². The van der Waals surface area contributed by atoms with Crippen LogP contribution in [-0.4, -0.2) is 22.8 Å². The van der Waals surface area contributed by atoms with E-state index in [2.05, 4.69) is 5.10 Å². The first kappa shape index (κ1) is 12.9. The Balaban J connectivity index is 3.11. The van der Waals surface area contributed by atoms with E-state index in [1.807, 2.05) is 0 Å². The quantitative estimate of drug-likeness (QED) is 0.822. The Labute approximate surface area is 88.0 Å². The molecule has 0 aliphatic heterocycles. The number of hydrogen-bond donors (Lipinski definition) is 1. The molecule has 0 amide bonds. The minimum absolute atomic E-state index is 0.218. The molecule has 2 N–H and O–H groups in total. The van der Waals surface area contributed by atoms with Gasteiger partial charge >= 0.3 is 6.18 Å². The third kappa shape index (κ3) is 2.49. The zero-order chi connectivity index (χ0) is 12.5. The van der Waals surface area contributed by atoms with Crippen LogP contribution in [0, 0.1) is 0 Å². The number of nitrogens with two attached hydrogens (primary N) is 1. The minimum Gasteiger partial charge on any atom is -0.330 e. The van der Waals surface area contributed by atoms with Crippen molar-refractivity contribution in [3.63, 3.8) is 0 Å². The summed E-state index contributed by atoms with van der Waals surface area (Å²) in [7, 11) is 1.18. The van der Waals surface area contributed by atoms with E-state index in [4.69, 9.17) is 5.73 Å². The fraction of sp³-hybridized carbons (Fsp3) is 0.625. The molecule has 1 aromatic heterocycles. The van der Waals surface area contributed by atoms with E-state index >= 15 is 0 Å². The SMILES string of the molecule is Cn1nc(C(F)(F)F)cc1C(CN)C(F)F. The van der Waals surface area contributed by atoms with Crippen LogP contribution in [0.2, 0.25) is 0 Å². The predicted octanol–water partition coefficient (Wildman–Crippen LogP) is 1.75. The van der Waals surface area contributed by atoms with E-state index in [1.54, 1.807) is 0 Å². The monoisotopic (exact) mass is 243 g/mol. The smallest absolute Gasteiger partial charge is 0.330 e. The first-order valence-electron chi connectivity index (χ1n) is 4.36. The lowest BCUT2D eigenvalue weighted by Gasteiger charge is -2.13. The van der Waals surface area contributed by atoms with Crippen LogP contribution >= 0.6 is 0 Å². The summed E-state index contributed by atoms with van der Waals surface area (Å²) in [4.78, 5) is 0. The van der Waals surface area contributed by atoms with Crippen LogP contribution in [0.1, 0.15) is 17.3 Å². The van der Waals surface area contributed by atoms with Gasteiger partial charge in [-0.2, -0.15) is 18.3 Å². The number of halogens is 5. The molecule has 8 heteroatoms. The average molecular weight is 243 g/mol. The second-order valence-corrected chi connectivity index (χ2v) is 3.25. The molecule has 0 aromatic carbocycles. The van der Waals surface area contributed by atoms with Crippen LogP contribution in [0.15, 0.2) is 6.07 Å². The molecule has 92 valence electrons. The molecule has 0 fully saturated rings. The summed E-state index contributed by atoms with van der Waals surface area (Å²) in [5, 5.41) is 3.14. The van der Waals surface area contributed by atoms with Crippen molar-refractivity contribution < 1.29 is 22.0 Å². The van der Waals surface area contributed by atoms with Gasteiger partial charge in [0.25, 0.3) is 0 Å². The molecule has 0 spiro atoms. The minimum atomic E-state index is -4.64. The molecule has 0 saturated heterocycles. The van der Waals surface area contributed by atoms with Gasteiger partial charge in [0.2, 0.25) is 6.43 Å². The van der Waals surface area contributed by atoms with Gasteiger partial charge in [0.1, 0.15) is 0 Å². The second-order valence-electron chi connectivity index (χ2n) is 3.25. The Bertz CT molecular complexity index is 357. The van der Waals surface area contributed by atoms with Crippen molar-refractivity contribution in [1.29, 1.82) is 0 Å². The van der Waals surface area contributed by atoms with E-state index in [0.29, 0.717) is 6.07 Å². The zero-order valence-electron chi connectivity index (χ0n) is 8.30. The molecule has 1 unspecified atom stereocenters. The summed E-state index contributed by atoms with van der Waals surface area (Å²) >= 11 is 0. The van der Waals surface area contributed by atoms with Crippen LogP contribution in [0.25, 0.3) is 0 Å². The average Bonchev–Trinajstić information content (AvgIpc) is 2.48. The van der Waals surface area contributed by atoms with Crippen molar-refractivity contribution in [2.45, 2.75) is 18.5 Å². The molecule has 0 aliphatic rings. The number of aromatic nitrogens is 2. The molecule has 1 rings (SSSR count). The Kier molecular flexibility index (Phi) is 3.51. The highest BCUT2D eigenvalue weighted by atomic mass is 19.4. The summed E-state index contributed by atoms with van der Waals surface area (Å²) < 4.78 is 62.5. The molecule has 16 heavy (non-hydrogen) atoms. The molecule has 1 aromatic rings. The predicted molar refractivity (Wildman–Crippen MR) is 46.0 cm³/mol. The second kappa shape index (κ2) is 4.36. The normalized spacial score (nSPS) is 14.5. The molecule has 3 nitrogen and oxygen atoms in total. The van der Waals surface area contributed by atoms with Gasteiger partial charge in [-0.15, -0.1) is 0 Å². The van der Waals surface area contributed by atoms with Crippen molar-refractivity contribution in [1.82, 2.24) is 9.78 Å². The Morgan fingerprint density at radius 1 is 1.44 bits per heavy atom. The lowest BCUT2D eigenvalue weighted by atomic mass is 10.1. The van der Waals surface area contributed by atoms with Gasteiger partial charge in [0.05, 0.1) is 5.92 Å². The van der Waals surface area contributed by atoms with Crippen molar-refractivity contribution >= 4 is 0 Å². The molecule has 0 radical (unpaired) electrons. The summed E-state index contributed by atoms with van der Waals surface area (Å²) in [6.07, 6.45) is -7.46. The number of rotatable bonds is 3.